The lowest BCUT2D eigenvalue weighted by Gasteiger charge is -2.29. The molecule has 35 heavy (non-hydrogen) atoms. The number of nitrogens with one attached hydrogen (secondary N) is 2. The minimum Gasteiger partial charge on any atom is -0.387 e. The number of amides is 3. The summed E-state index contributed by atoms with van der Waals surface area (Å²) in [6.07, 6.45) is 0.659. The number of aliphatic hydroxyl groups excluding tert-OH is 1. The fourth-order valence-electron chi connectivity index (χ4n) is 3.99. The average molecular weight is 493 g/mol. The Labute approximate surface area is 208 Å². The van der Waals surface area contributed by atoms with E-state index in [1.54, 1.807) is 35.2 Å². The Morgan fingerprint density at radius 3 is 2.54 bits per heavy atom. The zero-order valence-electron chi connectivity index (χ0n) is 19.7. The number of aryl methyl sites for hydroxylation is 1. The van der Waals surface area contributed by atoms with Gasteiger partial charge in [-0.05, 0) is 65.7 Å². The van der Waals surface area contributed by atoms with Crippen molar-refractivity contribution >= 4 is 46.1 Å². The number of hydrogen-bond donors (Lipinski definition) is 3. The number of carbonyl (C=O) groups excluding carboxylic acids is 3. The third-order valence-corrected chi connectivity index (χ3v) is 6.75. The van der Waals surface area contributed by atoms with E-state index in [-0.39, 0.29) is 12.5 Å². The molecule has 0 spiro atoms. The van der Waals surface area contributed by atoms with Crippen LogP contribution in [0.15, 0.2) is 60.0 Å². The number of thiophene rings is 1. The standard InChI is InChI=1S/C26H28N4O4S/c1-29(2)20-10-7-17(8-11-20)22(31)16-27-24(32)25(33)28-19-9-12-21-18(15-19)5-3-13-30(21)26(34)23-6-4-14-35-23/h4,6-12,14-15,22,31H,3,5,13,16H2,1-2H3,(H,27,32)(H,28,33). The first-order chi connectivity index (χ1) is 16.8. The minimum absolute atomic E-state index is 0.0352. The highest BCUT2D eigenvalue weighted by Crippen LogP contribution is 2.31. The lowest BCUT2D eigenvalue weighted by molar-refractivity contribution is -0.136. The van der Waals surface area contributed by atoms with E-state index in [1.807, 2.05) is 48.6 Å². The molecule has 8 nitrogen and oxygen atoms in total. The van der Waals surface area contributed by atoms with Crippen molar-refractivity contribution in [3.05, 3.63) is 76.0 Å². The quantitative estimate of drug-likeness (QED) is 0.459. The molecule has 3 aromatic rings. The van der Waals surface area contributed by atoms with Gasteiger partial charge in [-0.25, -0.2) is 0 Å². The van der Waals surface area contributed by atoms with Gasteiger partial charge in [0, 0.05) is 44.2 Å². The van der Waals surface area contributed by atoms with Gasteiger partial charge in [0.05, 0.1) is 11.0 Å². The van der Waals surface area contributed by atoms with Gasteiger partial charge in [-0.3, -0.25) is 14.4 Å². The Bertz CT molecular complexity index is 1210. The lowest BCUT2D eigenvalue weighted by Crippen LogP contribution is -2.38. The van der Waals surface area contributed by atoms with E-state index in [1.165, 1.54) is 11.3 Å². The molecule has 3 amide bonds. The van der Waals surface area contributed by atoms with Crippen LogP contribution >= 0.6 is 11.3 Å². The van der Waals surface area contributed by atoms with Crippen molar-refractivity contribution in [2.75, 3.05) is 42.3 Å². The van der Waals surface area contributed by atoms with Crippen LogP contribution < -0.4 is 20.4 Å². The molecule has 0 aliphatic carbocycles. The number of benzene rings is 2. The first-order valence-electron chi connectivity index (χ1n) is 11.4. The monoisotopic (exact) mass is 492 g/mol. The maximum Gasteiger partial charge on any atom is 0.313 e. The van der Waals surface area contributed by atoms with Crippen LogP contribution in [0.25, 0.3) is 0 Å². The van der Waals surface area contributed by atoms with Crippen LogP contribution in [-0.4, -0.2) is 50.0 Å². The van der Waals surface area contributed by atoms with Crippen molar-refractivity contribution < 1.29 is 19.5 Å². The maximum atomic E-state index is 12.8. The summed E-state index contributed by atoms with van der Waals surface area (Å²) in [5, 5.41) is 17.3. The van der Waals surface area contributed by atoms with Crippen LogP contribution in [0.2, 0.25) is 0 Å². The second-order valence-electron chi connectivity index (χ2n) is 8.55. The summed E-state index contributed by atoms with van der Waals surface area (Å²) in [7, 11) is 3.85. The van der Waals surface area contributed by atoms with Gasteiger partial charge in [-0.15, -0.1) is 11.3 Å². The summed E-state index contributed by atoms with van der Waals surface area (Å²) < 4.78 is 0. The molecule has 3 N–H and O–H groups in total. The van der Waals surface area contributed by atoms with Gasteiger partial charge in [0.2, 0.25) is 0 Å². The van der Waals surface area contributed by atoms with Gasteiger partial charge >= 0.3 is 11.8 Å². The Hall–Kier alpha value is -3.69. The number of nitrogens with zero attached hydrogens (tertiary/aromatic N) is 2. The molecule has 182 valence electrons. The van der Waals surface area contributed by atoms with Crippen LogP contribution in [0.1, 0.15) is 33.3 Å². The van der Waals surface area contributed by atoms with E-state index < -0.39 is 17.9 Å². The van der Waals surface area contributed by atoms with Crippen molar-refractivity contribution in [2.45, 2.75) is 18.9 Å². The molecule has 2 aromatic carbocycles. The van der Waals surface area contributed by atoms with E-state index in [2.05, 4.69) is 10.6 Å². The third-order valence-electron chi connectivity index (χ3n) is 5.89. The molecule has 1 atom stereocenters. The highest BCUT2D eigenvalue weighted by molar-refractivity contribution is 7.12. The molecular formula is C26H28N4O4S. The smallest absolute Gasteiger partial charge is 0.313 e. The first kappa shape index (κ1) is 24.4. The zero-order chi connectivity index (χ0) is 24.9. The van der Waals surface area contributed by atoms with E-state index in [4.69, 9.17) is 0 Å². The van der Waals surface area contributed by atoms with Gasteiger partial charge in [0.1, 0.15) is 0 Å². The molecule has 0 saturated carbocycles. The maximum absolute atomic E-state index is 12.8. The molecule has 9 heteroatoms. The molecule has 1 aromatic heterocycles. The highest BCUT2D eigenvalue weighted by Gasteiger charge is 2.25. The molecule has 2 heterocycles. The topological polar surface area (TPSA) is 102 Å². The fourth-order valence-corrected chi connectivity index (χ4v) is 4.66. The highest BCUT2D eigenvalue weighted by atomic mass is 32.1. The molecule has 0 radical (unpaired) electrons. The van der Waals surface area contributed by atoms with Crippen LogP contribution in [0.5, 0.6) is 0 Å². The Kier molecular flexibility index (Phi) is 7.48. The number of hydrogen-bond acceptors (Lipinski definition) is 6. The Morgan fingerprint density at radius 2 is 1.86 bits per heavy atom. The largest absolute Gasteiger partial charge is 0.387 e. The van der Waals surface area contributed by atoms with Gasteiger partial charge in [-0.2, -0.15) is 0 Å². The molecule has 1 unspecified atom stereocenters. The second-order valence-corrected chi connectivity index (χ2v) is 9.49. The van der Waals surface area contributed by atoms with E-state index in [0.717, 1.165) is 29.8 Å². The summed E-state index contributed by atoms with van der Waals surface area (Å²) in [4.78, 5) is 41.9. The summed E-state index contributed by atoms with van der Waals surface area (Å²) in [5.41, 5.74) is 3.88. The molecule has 1 aliphatic heterocycles. The zero-order valence-corrected chi connectivity index (χ0v) is 20.5. The summed E-state index contributed by atoms with van der Waals surface area (Å²) in [6.45, 7) is 0.551. The lowest BCUT2D eigenvalue weighted by atomic mass is 10.0. The van der Waals surface area contributed by atoms with Gasteiger partial charge in [0.25, 0.3) is 5.91 Å². The van der Waals surface area contributed by atoms with Gasteiger partial charge in [-0.1, -0.05) is 18.2 Å². The van der Waals surface area contributed by atoms with Crippen molar-refractivity contribution in [2.24, 2.45) is 0 Å². The fraction of sp³-hybridized carbons (Fsp3) is 0.269. The van der Waals surface area contributed by atoms with Crippen LogP contribution in [-0.2, 0) is 16.0 Å². The number of carbonyl (C=O) groups is 3. The summed E-state index contributed by atoms with van der Waals surface area (Å²) in [5.74, 6) is -1.68. The number of rotatable bonds is 6. The predicted molar refractivity (Wildman–Crippen MR) is 138 cm³/mol. The van der Waals surface area contributed by atoms with Gasteiger partial charge < -0.3 is 25.5 Å². The summed E-state index contributed by atoms with van der Waals surface area (Å²) >= 11 is 1.41. The van der Waals surface area contributed by atoms with E-state index in [9.17, 15) is 19.5 Å². The normalized spacial score (nSPS) is 13.5. The second kappa shape index (κ2) is 10.7. The number of anilines is 3. The van der Waals surface area contributed by atoms with Crippen molar-refractivity contribution in [1.82, 2.24) is 5.32 Å². The third kappa shape index (κ3) is 5.70. The molecule has 1 aliphatic rings. The molecule has 4 rings (SSSR count). The SMILES string of the molecule is CN(C)c1ccc(C(O)CNC(=O)C(=O)Nc2ccc3c(c2)CCCN3C(=O)c2cccs2)cc1. The van der Waals surface area contributed by atoms with Gasteiger partial charge in [0.15, 0.2) is 0 Å². The molecular weight excluding hydrogens is 464 g/mol. The molecule has 0 saturated heterocycles. The number of fused-ring (bicyclic) bond motifs is 1. The van der Waals surface area contributed by atoms with Crippen molar-refractivity contribution in [3.63, 3.8) is 0 Å². The van der Waals surface area contributed by atoms with E-state index in [0.29, 0.717) is 22.7 Å². The molecule has 0 bridgehead atoms. The Morgan fingerprint density at radius 1 is 1.09 bits per heavy atom. The van der Waals surface area contributed by atoms with Crippen LogP contribution in [0.3, 0.4) is 0 Å². The predicted octanol–water partition coefficient (Wildman–Crippen LogP) is 3.20. The summed E-state index contributed by atoms with van der Waals surface area (Å²) in [6, 6.07) is 16.3. The van der Waals surface area contributed by atoms with E-state index >= 15 is 0 Å². The first-order valence-corrected chi connectivity index (χ1v) is 12.2. The molecule has 0 fully saturated rings. The average Bonchev–Trinajstić information content (AvgIpc) is 3.41. The number of aliphatic hydroxyl groups is 1. The van der Waals surface area contributed by atoms with Crippen molar-refractivity contribution in [3.8, 4) is 0 Å². The van der Waals surface area contributed by atoms with Crippen LogP contribution in [0, 0.1) is 0 Å². The van der Waals surface area contributed by atoms with Crippen LogP contribution in [0.4, 0.5) is 17.1 Å². The Balaban J connectivity index is 1.34. The van der Waals surface area contributed by atoms with Crippen molar-refractivity contribution in [1.29, 1.82) is 0 Å². The minimum atomic E-state index is -0.932.